The smallest absolute Gasteiger partial charge is 0.248 e. The number of carbonyl (C=O) groups excluding carboxylic acids is 1. The Morgan fingerprint density at radius 1 is 1.44 bits per heavy atom. The SMILES string of the molecule is CCN(CCNC(=O)C(C)OCC1CCCCO1)c1cccc(C)c1. The number of benzene rings is 1. The van der Waals surface area contributed by atoms with E-state index in [-0.39, 0.29) is 12.0 Å². The molecular weight excluding hydrogens is 316 g/mol. The van der Waals surface area contributed by atoms with Gasteiger partial charge in [0.1, 0.15) is 6.10 Å². The van der Waals surface area contributed by atoms with Gasteiger partial charge in [-0.15, -0.1) is 0 Å². The van der Waals surface area contributed by atoms with E-state index in [1.165, 1.54) is 17.7 Å². The summed E-state index contributed by atoms with van der Waals surface area (Å²) in [6, 6.07) is 8.43. The number of nitrogens with zero attached hydrogens (tertiary/aromatic N) is 1. The molecule has 2 rings (SSSR count). The van der Waals surface area contributed by atoms with Crippen LogP contribution < -0.4 is 10.2 Å². The molecule has 1 N–H and O–H groups in total. The summed E-state index contributed by atoms with van der Waals surface area (Å²) >= 11 is 0. The molecule has 0 saturated carbocycles. The van der Waals surface area contributed by atoms with E-state index in [1.807, 2.05) is 0 Å². The molecule has 1 aliphatic rings. The monoisotopic (exact) mass is 348 g/mol. The summed E-state index contributed by atoms with van der Waals surface area (Å²) in [5.74, 6) is -0.0592. The highest BCUT2D eigenvalue weighted by atomic mass is 16.5. The Kier molecular flexibility index (Phi) is 8.22. The molecule has 0 spiro atoms. The summed E-state index contributed by atoms with van der Waals surface area (Å²) in [7, 11) is 0. The van der Waals surface area contributed by atoms with E-state index in [9.17, 15) is 4.79 Å². The van der Waals surface area contributed by atoms with Crippen molar-refractivity contribution >= 4 is 11.6 Å². The predicted molar refractivity (Wildman–Crippen MR) is 101 cm³/mol. The molecule has 1 saturated heterocycles. The van der Waals surface area contributed by atoms with Gasteiger partial charge in [-0.3, -0.25) is 4.79 Å². The van der Waals surface area contributed by atoms with Crippen molar-refractivity contribution in [1.82, 2.24) is 5.32 Å². The quantitative estimate of drug-likeness (QED) is 0.745. The highest BCUT2D eigenvalue weighted by Gasteiger charge is 2.18. The molecule has 2 unspecified atom stereocenters. The molecule has 0 bridgehead atoms. The molecule has 0 aromatic heterocycles. The first kappa shape index (κ1) is 19.7. The van der Waals surface area contributed by atoms with Crippen LogP contribution in [0.4, 0.5) is 5.69 Å². The third kappa shape index (κ3) is 6.67. The van der Waals surface area contributed by atoms with E-state index in [1.54, 1.807) is 6.92 Å². The average molecular weight is 348 g/mol. The van der Waals surface area contributed by atoms with E-state index in [2.05, 4.69) is 48.3 Å². The maximum atomic E-state index is 12.2. The zero-order valence-electron chi connectivity index (χ0n) is 15.8. The lowest BCUT2D eigenvalue weighted by atomic mass is 10.1. The molecule has 1 heterocycles. The molecule has 5 heteroatoms. The number of carbonyl (C=O) groups is 1. The van der Waals surface area contributed by atoms with Crippen LogP contribution in [0, 0.1) is 6.92 Å². The van der Waals surface area contributed by atoms with Crippen LogP contribution in [0.1, 0.15) is 38.7 Å². The first-order valence-corrected chi connectivity index (χ1v) is 9.42. The summed E-state index contributed by atoms with van der Waals surface area (Å²) in [5, 5.41) is 2.97. The number of rotatable bonds is 9. The maximum Gasteiger partial charge on any atom is 0.248 e. The van der Waals surface area contributed by atoms with Gasteiger partial charge in [0.25, 0.3) is 0 Å². The van der Waals surface area contributed by atoms with Crippen molar-refractivity contribution in [2.24, 2.45) is 0 Å². The Hall–Kier alpha value is -1.59. The fourth-order valence-corrected chi connectivity index (χ4v) is 3.02. The standard InChI is InChI=1S/C20H32N2O3/c1-4-22(18-9-7-8-16(2)14-18)12-11-21-20(23)17(3)25-15-19-10-5-6-13-24-19/h7-9,14,17,19H,4-6,10-13,15H2,1-3H3,(H,21,23). The summed E-state index contributed by atoms with van der Waals surface area (Å²) in [6.07, 6.45) is 3.03. The van der Waals surface area contributed by atoms with Gasteiger partial charge in [-0.1, -0.05) is 12.1 Å². The zero-order valence-corrected chi connectivity index (χ0v) is 15.8. The van der Waals surface area contributed by atoms with Crippen LogP contribution in [0.15, 0.2) is 24.3 Å². The fourth-order valence-electron chi connectivity index (χ4n) is 3.02. The number of hydrogen-bond acceptors (Lipinski definition) is 4. The summed E-state index contributed by atoms with van der Waals surface area (Å²) in [4.78, 5) is 14.4. The summed E-state index contributed by atoms with van der Waals surface area (Å²) < 4.78 is 11.3. The normalized spacial score (nSPS) is 18.6. The second-order valence-corrected chi connectivity index (χ2v) is 6.67. The molecule has 1 amide bonds. The molecule has 1 fully saturated rings. The van der Waals surface area contributed by atoms with Crippen LogP contribution >= 0.6 is 0 Å². The third-order valence-corrected chi connectivity index (χ3v) is 4.60. The largest absolute Gasteiger partial charge is 0.376 e. The topological polar surface area (TPSA) is 50.8 Å². The molecule has 0 radical (unpaired) electrons. The molecular formula is C20H32N2O3. The Morgan fingerprint density at radius 3 is 2.96 bits per heavy atom. The lowest BCUT2D eigenvalue weighted by Gasteiger charge is -2.25. The van der Waals surface area contributed by atoms with Crippen molar-refractivity contribution in [3.8, 4) is 0 Å². The summed E-state index contributed by atoms with van der Waals surface area (Å²) in [6.45, 7) is 9.62. The van der Waals surface area contributed by atoms with Gasteiger partial charge in [0.05, 0.1) is 12.7 Å². The molecule has 25 heavy (non-hydrogen) atoms. The van der Waals surface area contributed by atoms with Gasteiger partial charge >= 0.3 is 0 Å². The van der Waals surface area contributed by atoms with Crippen molar-refractivity contribution in [2.45, 2.75) is 52.2 Å². The Morgan fingerprint density at radius 2 is 2.28 bits per heavy atom. The van der Waals surface area contributed by atoms with Gasteiger partial charge in [-0.25, -0.2) is 0 Å². The molecule has 1 aromatic carbocycles. The van der Waals surface area contributed by atoms with Crippen LogP contribution in [0.25, 0.3) is 0 Å². The third-order valence-electron chi connectivity index (χ3n) is 4.60. The maximum absolute atomic E-state index is 12.2. The van der Waals surface area contributed by atoms with Gasteiger partial charge in [0, 0.05) is 31.9 Å². The van der Waals surface area contributed by atoms with Crippen LogP contribution in [0.3, 0.4) is 0 Å². The van der Waals surface area contributed by atoms with Crippen molar-refractivity contribution < 1.29 is 14.3 Å². The molecule has 2 atom stereocenters. The highest BCUT2D eigenvalue weighted by Crippen LogP contribution is 2.15. The van der Waals surface area contributed by atoms with Gasteiger partial charge in [-0.05, 0) is 57.7 Å². The number of hydrogen-bond donors (Lipinski definition) is 1. The molecule has 1 aliphatic heterocycles. The highest BCUT2D eigenvalue weighted by molar-refractivity contribution is 5.80. The number of aryl methyl sites for hydroxylation is 1. The first-order valence-electron chi connectivity index (χ1n) is 9.42. The lowest BCUT2D eigenvalue weighted by molar-refractivity contribution is -0.135. The van der Waals surface area contributed by atoms with Crippen molar-refractivity contribution in [3.63, 3.8) is 0 Å². The van der Waals surface area contributed by atoms with Crippen LogP contribution in [0.5, 0.6) is 0 Å². The van der Waals surface area contributed by atoms with E-state index in [0.29, 0.717) is 13.2 Å². The van der Waals surface area contributed by atoms with E-state index in [0.717, 1.165) is 32.5 Å². The number of likely N-dealkylation sites (N-methyl/N-ethyl adjacent to an activating group) is 1. The zero-order chi connectivity index (χ0) is 18.1. The van der Waals surface area contributed by atoms with Crippen LogP contribution in [0.2, 0.25) is 0 Å². The molecule has 140 valence electrons. The lowest BCUT2D eigenvalue weighted by Crippen LogP contribution is -2.40. The average Bonchev–Trinajstić information content (AvgIpc) is 2.64. The predicted octanol–water partition coefficient (Wildman–Crippen LogP) is 2.91. The minimum atomic E-state index is -0.445. The molecule has 1 aromatic rings. The van der Waals surface area contributed by atoms with Crippen molar-refractivity contribution in [3.05, 3.63) is 29.8 Å². The van der Waals surface area contributed by atoms with E-state index < -0.39 is 6.10 Å². The Bertz CT molecular complexity index is 529. The van der Waals surface area contributed by atoms with Crippen molar-refractivity contribution in [1.29, 1.82) is 0 Å². The number of anilines is 1. The summed E-state index contributed by atoms with van der Waals surface area (Å²) in [5.41, 5.74) is 2.43. The van der Waals surface area contributed by atoms with Gasteiger partial charge in [0.15, 0.2) is 0 Å². The second kappa shape index (κ2) is 10.4. The van der Waals surface area contributed by atoms with Gasteiger partial charge in [0.2, 0.25) is 5.91 Å². The van der Waals surface area contributed by atoms with Gasteiger partial charge in [-0.2, -0.15) is 0 Å². The first-order chi connectivity index (χ1) is 12.1. The second-order valence-electron chi connectivity index (χ2n) is 6.67. The van der Waals surface area contributed by atoms with E-state index in [4.69, 9.17) is 9.47 Å². The minimum absolute atomic E-state index is 0.0592. The van der Waals surface area contributed by atoms with Crippen LogP contribution in [-0.2, 0) is 14.3 Å². The number of amides is 1. The number of nitrogens with one attached hydrogen (secondary N) is 1. The van der Waals surface area contributed by atoms with E-state index >= 15 is 0 Å². The minimum Gasteiger partial charge on any atom is -0.376 e. The Balaban J connectivity index is 1.69. The fraction of sp³-hybridized carbons (Fsp3) is 0.650. The molecule has 5 nitrogen and oxygen atoms in total. The van der Waals surface area contributed by atoms with Crippen LogP contribution in [-0.4, -0.2) is 51.0 Å². The Labute approximate surface area is 151 Å². The van der Waals surface area contributed by atoms with Gasteiger partial charge < -0.3 is 19.7 Å². The number of ether oxygens (including phenoxy) is 2. The molecule has 0 aliphatic carbocycles. The van der Waals surface area contributed by atoms with Crippen molar-refractivity contribution in [2.75, 3.05) is 37.7 Å².